The lowest BCUT2D eigenvalue weighted by atomic mass is 10.1. The lowest BCUT2D eigenvalue weighted by Crippen LogP contribution is -2.15. The number of methoxy groups -OCH3 is 1. The van der Waals surface area contributed by atoms with Gasteiger partial charge >= 0.3 is 6.18 Å². The van der Waals surface area contributed by atoms with Crippen molar-refractivity contribution in [2.75, 3.05) is 17.3 Å². The van der Waals surface area contributed by atoms with Crippen LogP contribution in [-0.4, -0.2) is 26.7 Å². The van der Waals surface area contributed by atoms with E-state index in [1.807, 2.05) is 0 Å². The summed E-state index contributed by atoms with van der Waals surface area (Å²) in [5, 5.41) is 14.9. The number of hydrazone groups is 1. The zero-order chi connectivity index (χ0) is 24.9. The lowest BCUT2D eigenvalue weighted by Gasteiger charge is -2.13. The Bertz CT molecular complexity index is 1330. The Morgan fingerprint density at radius 1 is 1.06 bits per heavy atom. The highest BCUT2D eigenvalue weighted by molar-refractivity contribution is 7.92. The van der Waals surface area contributed by atoms with E-state index in [1.54, 1.807) is 0 Å². The maximum absolute atomic E-state index is 13.2. The number of alkyl halides is 3. The van der Waals surface area contributed by atoms with E-state index in [0.717, 1.165) is 30.5 Å². The summed E-state index contributed by atoms with van der Waals surface area (Å²) < 4.78 is 72.7. The van der Waals surface area contributed by atoms with E-state index in [0.29, 0.717) is 5.75 Å². The molecule has 0 saturated heterocycles. The van der Waals surface area contributed by atoms with Crippen LogP contribution in [0.15, 0.2) is 76.7 Å². The number of hydrogen-bond acceptors (Lipinski definition) is 7. The molecule has 0 radical (unpaired) electrons. The summed E-state index contributed by atoms with van der Waals surface area (Å²) in [6.45, 7) is 0. The van der Waals surface area contributed by atoms with Crippen LogP contribution in [0.25, 0.3) is 0 Å². The molecule has 0 heterocycles. The van der Waals surface area contributed by atoms with Gasteiger partial charge in [0.05, 0.1) is 29.5 Å². The normalized spacial score (nSPS) is 11.9. The number of rotatable bonds is 8. The maximum atomic E-state index is 13.2. The van der Waals surface area contributed by atoms with Crippen molar-refractivity contribution in [2.45, 2.75) is 11.1 Å². The largest absolute Gasteiger partial charge is 0.497 e. The summed E-state index contributed by atoms with van der Waals surface area (Å²) in [7, 11) is -2.92. The number of benzene rings is 3. The molecule has 0 amide bonds. The smallest absolute Gasteiger partial charge is 0.417 e. The Balaban J connectivity index is 1.94. The molecule has 3 aromatic carbocycles. The van der Waals surface area contributed by atoms with Crippen LogP contribution >= 0.6 is 0 Å². The molecule has 0 fully saturated rings. The van der Waals surface area contributed by atoms with E-state index in [2.05, 4.69) is 15.2 Å². The summed E-state index contributed by atoms with van der Waals surface area (Å²) in [4.78, 5) is 9.86. The minimum absolute atomic E-state index is 0.154. The van der Waals surface area contributed by atoms with Gasteiger partial charge in [0, 0.05) is 23.4 Å². The molecular formula is C21H17F3N4O5S. The highest BCUT2D eigenvalue weighted by Gasteiger charge is 2.32. The quantitative estimate of drug-likeness (QED) is 0.262. The van der Waals surface area contributed by atoms with Gasteiger partial charge in [-0.05, 0) is 36.4 Å². The van der Waals surface area contributed by atoms with E-state index >= 15 is 0 Å². The predicted molar refractivity (Wildman–Crippen MR) is 120 cm³/mol. The van der Waals surface area contributed by atoms with Gasteiger partial charge in [-0.3, -0.25) is 20.3 Å². The second kappa shape index (κ2) is 9.79. The number of halogens is 3. The van der Waals surface area contributed by atoms with Crippen molar-refractivity contribution in [2.24, 2.45) is 5.10 Å². The third kappa shape index (κ3) is 5.81. The van der Waals surface area contributed by atoms with Gasteiger partial charge in [0.2, 0.25) is 0 Å². The fourth-order valence-corrected chi connectivity index (χ4v) is 4.08. The number of anilines is 2. The van der Waals surface area contributed by atoms with Crippen molar-refractivity contribution in [1.29, 1.82) is 0 Å². The number of nitro benzene ring substituents is 1. The molecule has 0 unspecified atom stereocenters. The van der Waals surface area contributed by atoms with Crippen LogP contribution in [0.5, 0.6) is 5.75 Å². The monoisotopic (exact) mass is 494 g/mol. The Morgan fingerprint density at radius 3 is 2.35 bits per heavy atom. The van der Waals surface area contributed by atoms with Gasteiger partial charge in [-0.2, -0.15) is 18.3 Å². The molecule has 3 rings (SSSR count). The Labute approximate surface area is 192 Å². The third-order valence-corrected chi connectivity index (χ3v) is 5.88. The van der Waals surface area contributed by atoms with Crippen LogP contribution in [0.4, 0.5) is 30.2 Å². The number of nitrogens with zero attached hydrogens (tertiary/aromatic N) is 2. The molecule has 0 aliphatic heterocycles. The maximum Gasteiger partial charge on any atom is 0.417 e. The first-order valence-corrected chi connectivity index (χ1v) is 10.9. The van der Waals surface area contributed by atoms with Gasteiger partial charge in [0.1, 0.15) is 10.6 Å². The molecular weight excluding hydrogens is 477 g/mol. The van der Waals surface area contributed by atoms with Crippen molar-refractivity contribution in [3.05, 3.63) is 88.0 Å². The van der Waals surface area contributed by atoms with E-state index in [1.165, 1.54) is 49.6 Å². The molecule has 0 spiro atoms. The third-order valence-electron chi connectivity index (χ3n) is 4.46. The van der Waals surface area contributed by atoms with Crippen molar-refractivity contribution in [1.82, 2.24) is 0 Å². The second-order valence-corrected chi connectivity index (χ2v) is 8.38. The number of ether oxygens (including phenoxy) is 1. The summed E-state index contributed by atoms with van der Waals surface area (Å²) in [5.41, 5.74) is 0.624. The van der Waals surface area contributed by atoms with Crippen LogP contribution in [0.1, 0.15) is 11.1 Å². The van der Waals surface area contributed by atoms with Crippen LogP contribution in [0.2, 0.25) is 0 Å². The average Bonchev–Trinajstić information content (AvgIpc) is 2.79. The molecule has 0 aliphatic carbocycles. The van der Waals surface area contributed by atoms with Crippen molar-refractivity contribution in [3.8, 4) is 5.75 Å². The first-order valence-electron chi connectivity index (χ1n) is 9.42. The van der Waals surface area contributed by atoms with Gasteiger partial charge in [-0.25, -0.2) is 8.42 Å². The molecule has 34 heavy (non-hydrogen) atoms. The number of non-ortho nitro benzene ring substituents is 1. The molecule has 13 heteroatoms. The first kappa shape index (κ1) is 24.5. The molecule has 0 bridgehead atoms. The standard InChI is InChI=1S/C21H17F3N4O5S/c1-33-17-9-6-15(7-10-17)27-34(31,32)20-12-16(28(29)30)8-11-19(20)26-25-13-14-4-2-3-5-18(14)21(22,23)24/h2-13,26-27H,1H3. The molecule has 178 valence electrons. The second-order valence-electron chi connectivity index (χ2n) is 6.73. The van der Waals surface area contributed by atoms with Crippen LogP contribution < -0.4 is 14.9 Å². The summed E-state index contributed by atoms with van der Waals surface area (Å²) in [6, 6.07) is 13.5. The lowest BCUT2D eigenvalue weighted by molar-refractivity contribution is -0.385. The Hall–Kier alpha value is -4.13. The number of nitrogens with one attached hydrogen (secondary N) is 2. The topological polar surface area (TPSA) is 123 Å². The molecule has 9 nitrogen and oxygen atoms in total. The first-order chi connectivity index (χ1) is 16.0. The van der Waals surface area contributed by atoms with Gasteiger partial charge in [0.25, 0.3) is 15.7 Å². The molecule has 2 N–H and O–H groups in total. The van der Waals surface area contributed by atoms with Gasteiger partial charge in [0.15, 0.2) is 0 Å². The highest BCUT2D eigenvalue weighted by Crippen LogP contribution is 2.32. The summed E-state index contributed by atoms with van der Waals surface area (Å²) in [6.07, 6.45) is -3.75. The van der Waals surface area contributed by atoms with Crippen LogP contribution in [-0.2, 0) is 16.2 Å². The van der Waals surface area contributed by atoms with Crippen LogP contribution in [0.3, 0.4) is 0 Å². The zero-order valence-electron chi connectivity index (χ0n) is 17.4. The Kier molecular flexibility index (Phi) is 7.05. The van der Waals surface area contributed by atoms with Gasteiger partial charge in [-0.15, -0.1) is 0 Å². The van der Waals surface area contributed by atoms with Gasteiger partial charge < -0.3 is 4.74 Å². The minimum atomic E-state index is -4.62. The van der Waals surface area contributed by atoms with Crippen molar-refractivity contribution >= 4 is 33.3 Å². The SMILES string of the molecule is COc1ccc(NS(=O)(=O)c2cc([N+](=O)[O-])ccc2NN=Cc2ccccc2C(F)(F)F)cc1. The zero-order valence-corrected chi connectivity index (χ0v) is 18.2. The number of sulfonamides is 1. The van der Waals surface area contributed by atoms with Crippen LogP contribution in [0, 0.1) is 10.1 Å². The predicted octanol–water partition coefficient (Wildman–Crippen LogP) is 4.87. The Morgan fingerprint density at radius 2 is 1.74 bits per heavy atom. The van der Waals surface area contributed by atoms with E-state index in [9.17, 15) is 31.7 Å². The van der Waals surface area contributed by atoms with Crippen molar-refractivity contribution < 1.29 is 31.2 Å². The summed E-state index contributed by atoms with van der Waals surface area (Å²) >= 11 is 0. The molecule has 3 aromatic rings. The summed E-state index contributed by atoms with van der Waals surface area (Å²) in [5.74, 6) is 0.481. The fourth-order valence-electron chi connectivity index (χ4n) is 2.85. The highest BCUT2D eigenvalue weighted by atomic mass is 32.2. The van der Waals surface area contributed by atoms with E-state index in [-0.39, 0.29) is 16.9 Å². The van der Waals surface area contributed by atoms with Crippen molar-refractivity contribution in [3.63, 3.8) is 0 Å². The minimum Gasteiger partial charge on any atom is -0.497 e. The molecule has 0 aromatic heterocycles. The number of hydrogen-bond donors (Lipinski definition) is 2. The number of nitro groups is 1. The fraction of sp³-hybridized carbons (Fsp3) is 0.0952. The van der Waals surface area contributed by atoms with E-state index in [4.69, 9.17) is 4.74 Å². The average molecular weight is 494 g/mol. The molecule has 0 saturated carbocycles. The molecule has 0 aliphatic rings. The van der Waals surface area contributed by atoms with E-state index < -0.39 is 37.3 Å². The molecule has 0 atom stereocenters. The van der Waals surface area contributed by atoms with Gasteiger partial charge in [-0.1, -0.05) is 18.2 Å².